The van der Waals surface area contributed by atoms with Crippen molar-refractivity contribution in [2.75, 3.05) is 13.1 Å². The fourth-order valence-electron chi connectivity index (χ4n) is 4.92. The molecule has 33 heavy (non-hydrogen) atoms. The number of hydrogen-bond acceptors (Lipinski definition) is 4. The number of alkyl halides is 3. The summed E-state index contributed by atoms with van der Waals surface area (Å²) in [6, 6.07) is 3.68. The van der Waals surface area contributed by atoms with E-state index in [-0.39, 0.29) is 30.3 Å². The average molecular weight is 482 g/mol. The van der Waals surface area contributed by atoms with Crippen molar-refractivity contribution in [2.45, 2.75) is 70.8 Å². The maximum absolute atomic E-state index is 13.5. The first kappa shape index (κ1) is 22.7. The van der Waals surface area contributed by atoms with Crippen molar-refractivity contribution in [3.63, 3.8) is 0 Å². The molecule has 1 unspecified atom stereocenters. The SMILES string of the molecule is CC(N1Cc2cc(Cl)ccc2-n2c(nnc2C2CCN(C(=O)C3(C)CC3)CC2)C1)C(F)(F)F. The number of hydrogen-bond donors (Lipinski definition) is 0. The van der Waals surface area contributed by atoms with Gasteiger partial charge >= 0.3 is 6.18 Å². The van der Waals surface area contributed by atoms with Gasteiger partial charge in [-0.2, -0.15) is 13.2 Å². The molecule has 2 fully saturated rings. The number of carbonyl (C=O) groups is 1. The largest absolute Gasteiger partial charge is 0.403 e. The third-order valence-electron chi connectivity index (χ3n) is 7.44. The summed E-state index contributed by atoms with van der Waals surface area (Å²) in [6.45, 7) is 4.67. The Bertz CT molecular complexity index is 1070. The Balaban J connectivity index is 1.45. The van der Waals surface area contributed by atoms with Crippen LogP contribution < -0.4 is 0 Å². The molecule has 178 valence electrons. The molecular weight excluding hydrogens is 455 g/mol. The number of rotatable bonds is 3. The van der Waals surface area contributed by atoms with Gasteiger partial charge in [-0.05, 0) is 56.4 Å². The van der Waals surface area contributed by atoms with E-state index in [1.165, 1.54) is 11.8 Å². The maximum atomic E-state index is 13.5. The number of aromatic nitrogens is 3. The van der Waals surface area contributed by atoms with Gasteiger partial charge in [-0.1, -0.05) is 18.5 Å². The molecule has 1 atom stereocenters. The number of nitrogens with zero attached hydrogens (tertiary/aromatic N) is 5. The monoisotopic (exact) mass is 481 g/mol. The molecule has 0 spiro atoms. The van der Waals surface area contributed by atoms with E-state index in [4.69, 9.17) is 11.6 Å². The van der Waals surface area contributed by atoms with Crippen LogP contribution in [-0.2, 0) is 17.9 Å². The molecule has 1 amide bonds. The Labute approximate surface area is 195 Å². The molecule has 1 saturated carbocycles. The van der Waals surface area contributed by atoms with Crippen molar-refractivity contribution >= 4 is 17.5 Å². The van der Waals surface area contributed by atoms with Crippen LogP contribution in [0.15, 0.2) is 18.2 Å². The second-order valence-corrected chi connectivity index (χ2v) is 10.3. The van der Waals surface area contributed by atoms with E-state index in [0.717, 1.165) is 37.2 Å². The highest BCUT2D eigenvalue weighted by atomic mass is 35.5. The van der Waals surface area contributed by atoms with Crippen LogP contribution in [-0.4, -0.2) is 55.8 Å². The molecule has 6 nitrogen and oxygen atoms in total. The molecule has 10 heteroatoms. The predicted octanol–water partition coefficient (Wildman–Crippen LogP) is 4.69. The van der Waals surface area contributed by atoms with Gasteiger partial charge in [-0.3, -0.25) is 14.3 Å². The van der Waals surface area contributed by atoms with E-state index in [1.807, 2.05) is 22.5 Å². The van der Waals surface area contributed by atoms with Gasteiger partial charge in [0.05, 0.1) is 12.2 Å². The van der Waals surface area contributed by atoms with E-state index in [2.05, 4.69) is 10.2 Å². The molecule has 1 aromatic heterocycles. The lowest BCUT2D eigenvalue weighted by atomic mass is 9.94. The first-order valence-electron chi connectivity index (χ1n) is 11.4. The Kier molecular flexibility index (Phi) is 5.47. The molecule has 3 heterocycles. The number of likely N-dealkylation sites (tertiary alicyclic amines) is 1. The molecule has 1 aromatic carbocycles. The maximum Gasteiger partial charge on any atom is 0.403 e. The fraction of sp³-hybridized carbons (Fsp3) is 0.609. The third kappa shape index (κ3) is 4.14. The number of carbonyl (C=O) groups excluding carboxylic acids is 1. The minimum atomic E-state index is -4.35. The molecule has 1 aliphatic carbocycles. The molecule has 2 aliphatic heterocycles. The highest BCUT2D eigenvalue weighted by Gasteiger charge is 2.48. The summed E-state index contributed by atoms with van der Waals surface area (Å²) < 4.78 is 42.5. The van der Waals surface area contributed by atoms with Crippen LogP contribution in [0.2, 0.25) is 5.02 Å². The summed E-state index contributed by atoms with van der Waals surface area (Å²) in [6.07, 6.45) is -0.934. The molecule has 1 saturated heterocycles. The average Bonchev–Trinajstić information content (AvgIpc) is 3.44. The van der Waals surface area contributed by atoms with Crippen LogP contribution in [0.1, 0.15) is 62.7 Å². The number of halogens is 4. The standard InChI is InChI=1S/C23H27ClF3N5O/c1-14(23(25,26)27)31-12-16-11-17(24)3-4-18(16)32-19(13-31)28-29-20(32)15-5-9-30(10-6-15)21(33)22(2)7-8-22/h3-4,11,14-15H,5-10,12-13H2,1-2H3. The van der Waals surface area contributed by atoms with Crippen molar-refractivity contribution in [1.82, 2.24) is 24.6 Å². The quantitative estimate of drug-likeness (QED) is 0.638. The second kappa shape index (κ2) is 7.98. The number of fused-ring (bicyclic) bond motifs is 3. The first-order chi connectivity index (χ1) is 15.6. The van der Waals surface area contributed by atoms with Crippen molar-refractivity contribution in [3.8, 4) is 5.69 Å². The summed E-state index contributed by atoms with van der Waals surface area (Å²) in [5, 5.41) is 9.24. The zero-order valence-corrected chi connectivity index (χ0v) is 19.5. The van der Waals surface area contributed by atoms with Gasteiger partial charge in [0, 0.05) is 36.0 Å². The van der Waals surface area contributed by atoms with Crippen molar-refractivity contribution in [3.05, 3.63) is 40.4 Å². The molecule has 5 rings (SSSR count). The van der Waals surface area contributed by atoms with Crippen molar-refractivity contribution in [1.29, 1.82) is 0 Å². The van der Waals surface area contributed by atoms with Crippen LogP contribution in [0.5, 0.6) is 0 Å². The van der Waals surface area contributed by atoms with Crippen LogP contribution in [0.3, 0.4) is 0 Å². The smallest absolute Gasteiger partial charge is 0.342 e. The van der Waals surface area contributed by atoms with E-state index in [9.17, 15) is 18.0 Å². The zero-order chi connectivity index (χ0) is 23.5. The summed E-state index contributed by atoms with van der Waals surface area (Å²) >= 11 is 6.21. The van der Waals surface area contributed by atoms with Gasteiger partial charge in [0.1, 0.15) is 11.9 Å². The van der Waals surface area contributed by atoms with Gasteiger partial charge in [-0.25, -0.2) is 0 Å². The lowest BCUT2D eigenvalue weighted by Crippen LogP contribution is -2.42. The van der Waals surface area contributed by atoms with Crippen LogP contribution >= 0.6 is 11.6 Å². The van der Waals surface area contributed by atoms with Gasteiger partial charge in [0.15, 0.2) is 5.82 Å². The highest BCUT2D eigenvalue weighted by Crippen LogP contribution is 2.47. The fourth-order valence-corrected chi connectivity index (χ4v) is 5.11. The van der Waals surface area contributed by atoms with Gasteiger partial charge in [-0.15, -0.1) is 10.2 Å². The van der Waals surface area contributed by atoms with Crippen molar-refractivity contribution < 1.29 is 18.0 Å². The minimum absolute atomic E-state index is 0.0374. The normalized spacial score (nSPS) is 21.8. The Morgan fingerprint density at radius 1 is 1.18 bits per heavy atom. The second-order valence-electron chi connectivity index (χ2n) is 9.83. The van der Waals surface area contributed by atoms with E-state index < -0.39 is 12.2 Å². The highest BCUT2D eigenvalue weighted by molar-refractivity contribution is 6.30. The van der Waals surface area contributed by atoms with Gasteiger partial charge in [0.2, 0.25) is 5.91 Å². The van der Waals surface area contributed by atoms with Gasteiger partial charge < -0.3 is 4.90 Å². The molecule has 3 aliphatic rings. The minimum Gasteiger partial charge on any atom is -0.342 e. The predicted molar refractivity (Wildman–Crippen MR) is 117 cm³/mol. The molecule has 0 radical (unpaired) electrons. The first-order valence-corrected chi connectivity index (χ1v) is 11.8. The molecule has 0 N–H and O–H groups in total. The van der Waals surface area contributed by atoms with Crippen molar-refractivity contribution in [2.24, 2.45) is 5.41 Å². The van der Waals surface area contributed by atoms with E-state index >= 15 is 0 Å². The van der Waals surface area contributed by atoms with Gasteiger partial charge in [0.25, 0.3) is 0 Å². The lowest BCUT2D eigenvalue weighted by molar-refractivity contribution is -0.182. The number of piperidine rings is 1. The Morgan fingerprint density at radius 3 is 2.52 bits per heavy atom. The van der Waals surface area contributed by atoms with Crippen LogP contribution in [0.25, 0.3) is 5.69 Å². The molecule has 2 aromatic rings. The topological polar surface area (TPSA) is 54.3 Å². The summed E-state index contributed by atoms with van der Waals surface area (Å²) in [5.41, 5.74) is 1.30. The van der Waals surface area contributed by atoms with Crippen LogP contribution in [0, 0.1) is 5.41 Å². The Morgan fingerprint density at radius 2 is 1.88 bits per heavy atom. The zero-order valence-electron chi connectivity index (χ0n) is 18.7. The van der Waals surface area contributed by atoms with E-state index in [0.29, 0.717) is 29.5 Å². The summed E-state index contributed by atoms with van der Waals surface area (Å²) in [4.78, 5) is 16.0. The Hall–Kier alpha value is -2.13. The number of benzene rings is 1. The van der Waals surface area contributed by atoms with Crippen LogP contribution in [0.4, 0.5) is 13.2 Å². The summed E-state index contributed by atoms with van der Waals surface area (Å²) in [5.74, 6) is 1.56. The molecular formula is C23H27ClF3N5O. The lowest BCUT2D eigenvalue weighted by Gasteiger charge is -2.33. The third-order valence-corrected chi connectivity index (χ3v) is 7.68. The number of amides is 1. The summed E-state index contributed by atoms with van der Waals surface area (Å²) in [7, 11) is 0. The molecule has 0 bridgehead atoms. The van der Waals surface area contributed by atoms with E-state index in [1.54, 1.807) is 12.1 Å².